The van der Waals surface area contributed by atoms with E-state index in [9.17, 15) is 8.42 Å². The summed E-state index contributed by atoms with van der Waals surface area (Å²) in [6.07, 6.45) is 0. The first-order valence-corrected chi connectivity index (χ1v) is 7.02. The van der Waals surface area contributed by atoms with E-state index >= 15 is 0 Å². The Morgan fingerprint density at radius 1 is 1.41 bits per heavy atom. The largest absolute Gasteiger partial charge is 0.399 e. The van der Waals surface area contributed by atoms with Gasteiger partial charge in [-0.05, 0) is 24.1 Å². The number of sulfone groups is 1. The van der Waals surface area contributed by atoms with Crippen molar-refractivity contribution in [3.63, 3.8) is 0 Å². The highest BCUT2D eigenvalue weighted by atomic mass is 32.2. The number of aromatic nitrogens is 2. The van der Waals surface area contributed by atoms with Crippen molar-refractivity contribution in [2.45, 2.75) is 19.0 Å². The number of nitrogens with one attached hydrogen (secondary N) is 1. The number of anilines is 1. The molecule has 17 heavy (non-hydrogen) atoms. The van der Waals surface area contributed by atoms with E-state index in [0.717, 1.165) is 0 Å². The molecule has 92 valence electrons. The SMILES string of the molecule is CC(C)CS(=O)(=O)c1nc2ccc(N)cc2[nH]1. The van der Waals surface area contributed by atoms with Crippen molar-refractivity contribution < 1.29 is 8.42 Å². The van der Waals surface area contributed by atoms with Crippen LogP contribution in [0.5, 0.6) is 0 Å². The molecule has 0 radical (unpaired) electrons. The summed E-state index contributed by atoms with van der Waals surface area (Å²) >= 11 is 0. The van der Waals surface area contributed by atoms with Crippen LogP contribution in [0.4, 0.5) is 5.69 Å². The number of hydrogen-bond donors (Lipinski definition) is 2. The average molecular weight is 253 g/mol. The fourth-order valence-electron chi connectivity index (χ4n) is 1.67. The summed E-state index contributed by atoms with van der Waals surface area (Å²) in [6.45, 7) is 3.72. The maximum Gasteiger partial charge on any atom is 0.226 e. The van der Waals surface area contributed by atoms with E-state index in [2.05, 4.69) is 9.97 Å². The molecule has 3 N–H and O–H groups in total. The molecule has 0 spiro atoms. The average Bonchev–Trinajstić information content (AvgIpc) is 2.58. The first-order chi connectivity index (χ1) is 7.88. The minimum Gasteiger partial charge on any atom is -0.399 e. The first-order valence-electron chi connectivity index (χ1n) is 5.36. The van der Waals surface area contributed by atoms with Gasteiger partial charge in [-0.1, -0.05) is 13.8 Å². The second-order valence-corrected chi connectivity index (χ2v) is 6.44. The quantitative estimate of drug-likeness (QED) is 0.813. The number of aromatic amines is 1. The minimum absolute atomic E-state index is 0.0202. The van der Waals surface area contributed by atoms with Gasteiger partial charge in [-0.2, -0.15) is 0 Å². The number of nitrogens with zero attached hydrogens (tertiary/aromatic N) is 1. The van der Waals surface area contributed by atoms with Gasteiger partial charge in [0.25, 0.3) is 0 Å². The van der Waals surface area contributed by atoms with Gasteiger partial charge in [0.2, 0.25) is 15.0 Å². The fraction of sp³-hybridized carbons (Fsp3) is 0.364. The van der Waals surface area contributed by atoms with E-state index in [1.807, 2.05) is 13.8 Å². The molecule has 0 amide bonds. The zero-order valence-electron chi connectivity index (χ0n) is 9.77. The maximum atomic E-state index is 12.0. The van der Waals surface area contributed by atoms with Gasteiger partial charge in [-0.25, -0.2) is 13.4 Å². The van der Waals surface area contributed by atoms with Gasteiger partial charge in [0.15, 0.2) is 0 Å². The molecule has 2 aromatic rings. The maximum absolute atomic E-state index is 12.0. The van der Waals surface area contributed by atoms with E-state index in [0.29, 0.717) is 16.7 Å². The molecular formula is C11H15N3O2S. The number of nitrogens with two attached hydrogens (primary N) is 1. The predicted octanol–water partition coefficient (Wildman–Crippen LogP) is 1.57. The molecule has 2 rings (SSSR count). The predicted molar refractivity (Wildman–Crippen MR) is 67.4 cm³/mol. The molecule has 0 saturated carbocycles. The number of benzene rings is 1. The lowest BCUT2D eigenvalue weighted by atomic mass is 10.3. The molecule has 0 unspecified atom stereocenters. The van der Waals surface area contributed by atoms with Gasteiger partial charge < -0.3 is 10.7 Å². The Labute approximate surface area is 100.0 Å². The van der Waals surface area contributed by atoms with E-state index in [-0.39, 0.29) is 16.8 Å². The molecule has 0 atom stereocenters. The Balaban J connectivity index is 2.50. The third kappa shape index (κ3) is 2.41. The number of imidazole rings is 1. The fourth-order valence-corrected chi connectivity index (χ4v) is 3.21. The van der Waals surface area contributed by atoms with Gasteiger partial charge in [-0.3, -0.25) is 0 Å². The smallest absolute Gasteiger partial charge is 0.226 e. The summed E-state index contributed by atoms with van der Waals surface area (Å²) in [7, 11) is -3.34. The lowest BCUT2D eigenvalue weighted by molar-refractivity contribution is 0.575. The van der Waals surface area contributed by atoms with E-state index < -0.39 is 9.84 Å². The number of fused-ring (bicyclic) bond motifs is 1. The minimum atomic E-state index is -3.34. The Kier molecular flexibility index (Phi) is 2.82. The second-order valence-electron chi connectivity index (χ2n) is 4.49. The molecule has 0 aliphatic heterocycles. The Bertz CT molecular complexity index is 644. The molecule has 0 aliphatic rings. The van der Waals surface area contributed by atoms with Crippen LogP contribution in [0.1, 0.15) is 13.8 Å². The van der Waals surface area contributed by atoms with Crippen molar-refractivity contribution in [3.05, 3.63) is 18.2 Å². The second kappa shape index (κ2) is 4.03. The van der Waals surface area contributed by atoms with E-state index in [1.54, 1.807) is 18.2 Å². The molecule has 1 aromatic carbocycles. The first kappa shape index (κ1) is 11.9. The van der Waals surface area contributed by atoms with Crippen molar-refractivity contribution in [1.82, 2.24) is 9.97 Å². The molecule has 6 heteroatoms. The summed E-state index contributed by atoms with van der Waals surface area (Å²) in [5.41, 5.74) is 7.46. The normalized spacial score (nSPS) is 12.4. The van der Waals surface area contributed by atoms with E-state index in [4.69, 9.17) is 5.73 Å². The summed E-state index contributed by atoms with van der Waals surface area (Å²) in [5, 5.41) is 0.0202. The van der Waals surface area contributed by atoms with Crippen molar-refractivity contribution in [2.24, 2.45) is 5.92 Å². The zero-order chi connectivity index (χ0) is 12.6. The number of hydrogen-bond acceptors (Lipinski definition) is 4. The van der Waals surface area contributed by atoms with Crippen LogP contribution in [0.15, 0.2) is 23.4 Å². The zero-order valence-corrected chi connectivity index (χ0v) is 10.6. The number of rotatable bonds is 3. The Morgan fingerprint density at radius 3 is 2.76 bits per heavy atom. The van der Waals surface area contributed by atoms with Crippen molar-refractivity contribution in [1.29, 1.82) is 0 Å². The molecule has 0 saturated heterocycles. The topological polar surface area (TPSA) is 88.8 Å². The summed E-state index contributed by atoms with van der Waals surface area (Å²) < 4.78 is 23.9. The van der Waals surface area contributed by atoms with Crippen LogP contribution in [0, 0.1) is 5.92 Å². The highest BCUT2D eigenvalue weighted by Crippen LogP contribution is 2.18. The molecule has 1 aromatic heterocycles. The lowest BCUT2D eigenvalue weighted by Crippen LogP contribution is -2.13. The third-order valence-electron chi connectivity index (χ3n) is 2.33. The van der Waals surface area contributed by atoms with Crippen LogP contribution >= 0.6 is 0 Å². The van der Waals surface area contributed by atoms with Crippen LogP contribution in [0.3, 0.4) is 0 Å². The lowest BCUT2D eigenvalue weighted by Gasteiger charge is -2.02. The molecular weight excluding hydrogens is 238 g/mol. The summed E-state index contributed by atoms with van der Waals surface area (Å²) in [5.74, 6) is 0.153. The van der Waals surface area contributed by atoms with E-state index in [1.165, 1.54) is 0 Å². The van der Waals surface area contributed by atoms with Crippen LogP contribution in [-0.4, -0.2) is 24.1 Å². The van der Waals surface area contributed by atoms with Crippen molar-refractivity contribution in [3.8, 4) is 0 Å². The highest BCUT2D eigenvalue weighted by molar-refractivity contribution is 7.91. The highest BCUT2D eigenvalue weighted by Gasteiger charge is 2.20. The third-order valence-corrected chi connectivity index (χ3v) is 4.22. The van der Waals surface area contributed by atoms with Gasteiger partial charge in [0.05, 0.1) is 16.8 Å². The summed E-state index contributed by atoms with van der Waals surface area (Å²) in [6, 6.07) is 5.08. The van der Waals surface area contributed by atoms with Crippen LogP contribution in [-0.2, 0) is 9.84 Å². The van der Waals surface area contributed by atoms with Gasteiger partial charge in [0.1, 0.15) is 0 Å². The summed E-state index contributed by atoms with van der Waals surface area (Å²) in [4.78, 5) is 6.88. The van der Waals surface area contributed by atoms with Crippen LogP contribution in [0.25, 0.3) is 11.0 Å². The Hall–Kier alpha value is -1.56. The van der Waals surface area contributed by atoms with Gasteiger partial charge >= 0.3 is 0 Å². The number of nitrogen functional groups attached to an aromatic ring is 1. The Morgan fingerprint density at radius 2 is 2.12 bits per heavy atom. The van der Waals surface area contributed by atoms with Gasteiger partial charge in [-0.15, -0.1) is 0 Å². The van der Waals surface area contributed by atoms with Crippen molar-refractivity contribution >= 4 is 26.6 Å². The molecule has 0 fully saturated rings. The van der Waals surface area contributed by atoms with Crippen LogP contribution < -0.4 is 5.73 Å². The molecule has 5 nitrogen and oxygen atoms in total. The number of H-pyrrole nitrogens is 1. The van der Waals surface area contributed by atoms with Crippen LogP contribution in [0.2, 0.25) is 0 Å². The molecule has 0 aliphatic carbocycles. The standard InChI is InChI=1S/C11H15N3O2S/c1-7(2)6-17(15,16)11-13-9-4-3-8(12)5-10(9)14-11/h3-5,7H,6,12H2,1-2H3,(H,13,14). The monoisotopic (exact) mass is 253 g/mol. The molecule has 1 heterocycles. The van der Waals surface area contributed by atoms with Gasteiger partial charge in [0, 0.05) is 5.69 Å². The molecule has 0 bridgehead atoms. The van der Waals surface area contributed by atoms with Crippen molar-refractivity contribution in [2.75, 3.05) is 11.5 Å².